The maximum Gasteiger partial charge on any atom is 0.418 e. The van der Waals surface area contributed by atoms with E-state index in [-0.39, 0.29) is 36.8 Å². The van der Waals surface area contributed by atoms with E-state index in [9.17, 15) is 22.8 Å². The number of amides is 2. The summed E-state index contributed by atoms with van der Waals surface area (Å²) in [6, 6.07) is 11.9. The molecule has 0 bridgehead atoms. The Balaban J connectivity index is 1.38. The lowest BCUT2D eigenvalue weighted by Crippen LogP contribution is -2.59. The lowest BCUT2D eigenvalue weighted by molar-refractivity contribution is -0.137. The van der Waals surface area contributed by atoms with Crippen molar-refractivity contribution in [2.24, 2.45) is 0 Å². The number of methoxy groups -OCH3 is 1. The summed E-state index contributed by atoms with van der Waals surface area (Å²) in [5, 5.41) is 8.32. The van der Waals surface area contributed by atoms with Gasteiger partial charge in [-0.2, -0.15) is 13.2 Å². The first-order valence-electron chi connectivity index (χ1n) is 11.3. The molecule has 2 aromatic carbocycles. The van der Waals surface area contributed by atoms with E-state index in [1.807, 2.05) is 0 Å². The molecule has 0 saturated carbocycles. The van der Waals surface area contributed by atoms with Crippen LogP contribution in [0.1, 0.15) is 27.9 Å². The first kappa shape index (κ1) is 25.9. The molecule has 9 nitrogen and oxygen atoms in total. The second kappa shape index (κ2) is 10.8. The molecule has 4 rings (SSSR count). The molecule has 1 saturated heterocycles. The third kappa shape index (κ3) is 6.15. The van der Waals surface area contributed by atoms with Gasteiger partial charge in [0, 0.05) is 37.7 Å². The molecule has 12 heteroatoms. The minimum atomic E-state index is -4.48. The zero-order valence-corrected chi connectivity index (χ0v) is 19.8. The summed E-state index contributed by atoms with van der Waals surface area (Å²) in [6.07, 6.45) is -1.61. The predicted octanol–water partition coefficient (Wildman–Crippen LogP) is 3.45. The minimum Gasteiger partial charge on any atom is -0.467 e. The average Bonchev–Trinajstić information content (AvgIpc) is 3.37. The van der Waals surface area contributed by atoms with Gasteiger partial charge in [-0.25, -0.2) is 9.97 Å². The maximum atomic E-state index is 13.2. The standard InChI is InChI=1S/C25H24F3N5O4/c1-36-23-30-13-17(14-31-23)21(34)33-24(10-11-37-15-24)22(35)29-12-16-6-8-18(9-7-16)32-20-5-3-2-4-19(20)25(26,27)28/h2-9,13-14,32H,10-12,15H2,1H3,(H,29,35)(H,33,34)/t24-/m0/s1. The minimum absolute atomic E-state index is 0.00303. The number of rotatable bonds is 8. The number of para-hydroxylation sites is 1. The van der Waals surface area contributed by atoms with E-state index in [0.29, 0.717) is 17.9 Å². The van der Waals surface area contributed by atoms with Gasteiger partial charge in [0.1, 0.15) is 5.54 Å². The van der Waals surface area contributed by atoms with Crippen LogP contribution in [0.2, 0.25) is 0 Å². The maximum absolute atomic E-state index is 13.2. The van der Waals surface area contributed by atoms with Gasteiger partial charge >= 0.3 is 12.2 Å². The molecule has 1 aromatic heterocycles. The van der Waals surface area contributed by atoms with Gasteiger partial charge in [-0.1, -0.05) is 24.3 Å². The molecule has 3 aromatic rings. The van der Waals surface area contributed by atoms with Gasteiger partial charge in [0.25, 0.3) is 5.91 Å². The molecular formula is C25H24F3N5O4. The number of anilines is 2. The molecule has 2 heterocycles. The number of nitrogens with one attached hydrogen (secondary N) is 3. The molecule has 1 atom stereocenters. The zero-order valence-electron chi connectivity index (χ0n) is 19.8. The monoisotopic (exact) mass is 515 g/mol. The summed E-state index contributed by atoms with van der Waals surface area (Å²) in [4.78, 5) is 33.6. The number of aromatic nitrogens is 2. The second-order valence-electron chi connectivity index (χ2n) is 8.35. The van der Waals surface area contributed by atoms with Crippen molar-refractivity contribution in [3.8, 4) is 6.01 Å². The summed E-state index contributed by atoms with van der Waals surface area (Å²) in [5.74, 6) is -0.952. The quantitative estimate of drug-likeness (QED) is 0.421. The number of halogens is 3. The molecule has 194 valence electrons. The fourth-order valence-electron chi connectivity index (χ4n) is 3.78. The van der Waals surface area contributed by atoms with Crippen molar-refractivity contribution < 1.29 is 32.2 Å². The van der Waals surface area contributed by atoms with E-state index in [1.54, 1.807) is 24.3 Å². The predicted molar refractivity (Wildman–Crippen MR) is 127 cm³/mol. The molecule has 0 radical (unpaired) electrons. The summed E-state index contributed by atoms with van der Waals surface area (Å²) >= 11 is 0. The molecule has 0 spiro atoms. The Bertz CT molecular complexity index is 1240. The molecule has 3 N–H and O–H groups in total. The van der Waals surface area contributed by atoms with Crippen molar-refractivity contribution in [1.82, 2.24) is 20.6 Å². The first-order valence-corrected chi connectivity index (χ1v) is 11.3. The molecule has 1 aliphatic heterocycles. The van der Waals surface area contributed by atoms with Crippen LogP contribution in [-0.4, -0.2) is 47.6 Å². The molecule has 0 aliphatic carbocycles. The van der Waals surface area contributed by atoms with Crippen LogP contribution >= 0.6 is 0 Å². The Morgan fingerprint density at radius 2 is 1.78 bits per heavy atom. The molecule has 37 heavy (non-hydrogen) atoms. The Morgan fingerprint density at radius 1 is 1.08 bits per heavy atom. The van der Waals surface area contributed by atoms with E-state index in [4.69, 9.17) is 9.47 Å². The van der Waals surface area contributed by atoms with Crippen LogP contribution < -0.4 is 20.7 Å². The van der Waals surface area contributed by atoms with Crippen molar-refractivity contribution in [2.45, 2.75) is 24.7 Å². The SMILES string of the molecule is COc1ncc(C(=O)N[C@@]2(C(=O)NCc3ccc(Nc4ccccc4C(F)(F)F)cc3)CCOC2)cn1. The number of hydrogen-bond donors (Lipinski definition) is 3. The smallest absolute Gasteiger partial charge is 0.418 e. The van der Waals surface area contributed by atoms with Gasteiger partial charge in [-0.15, -0.1) is 0 Å². The molecule has 2 amide bonds. The largest absolute Gasteiger partial charge is 0.467 e. The van der Waals surface area contributed by atoms with Crippen molar-refractivity contribution in [1.29, 1.82) is 0 Å². The van der Waals surface area contributed by atoms with Crippen LogP contribution in [0.25, 0.3) is 0 Å². The van der Waals surface area contributed by atoms with Gasteiger partial charge in [0.2, 0.25) is 5.91 Å². The molecule has 0 unspecified atom stereocenters. The number of carbonyl (C=O) groups excluding carboxylic acids is 2. The summed E-state index contributed by atoms with van der Waals surface area (Å²) in [7, 11) is 1.40. The van der Waals surface area contributed by atoms with E-state index in [0.717, 1.165) is 6.07 Å². The Hall–Kier alpha value is -4.19. The highest BCUT2D eigenvalue weighted by Crippen LogP contribution is 2.35. The van der Waals surface area contributed by atoms with Gasteiger partial charge in [-0.3, -0.25) is 9.59 Å². The van der Waals surface area contributed by atoms with Crippen LogP contribution in [0.5, 0.6) is 6.01 Å². The number of hydrogen-bond acceptors (Lipinski definition) is 7. The van der Waals surface area contributed by atoms with E-state index in [2.05, 4.69) is 25.9 Å². The molecule has 1 fully saturated rings. The van der Waals surface area contributed by atoms with Gasteiger partial charge < -0.3 is 25.4 Å². The number of ether oxygens (including phenoxy) is 2. The van der Waals surface area contributed by atoms with E-state index in [1.165, 1.54) is 37.7 Å². The lowest BCUT2D eigenvalue weighted by atomic mass is 9.96. The normalized spacial score (nSPS) is 17.2. The van der Waals surface area contributed by atoms with Crippen molar-refractivity contribution >= 4 is 23.2 Å². The summed E-state index contributed by atoms with van der Waals surface area (Å²) in [6.45, 7) is 0.442. The highest BCUT2D eigenvalue weighted by Gasteiger charge is 2.43. The molecular weight excluding hydrogens is 491 g/mol. The van der Waals surface area contributed by atoms with Gasteiger partial charge in [0.15, 0.2) is 0 Å². The third-order valence-corrected chi connectivity index (χ3v) is 5.80. The number of benzene rings is 2. The third-order valence-electron chi connectivity index (χ3n) is 5.80. The number of alkyl halides is 3. The lowest BCUT2D eigenvalue weighted by Gasteiger charge is -2.27. The van der Waals surface area contributed by atoms with Crippen molar-refractivity contribution in [2.75, 3.05) is 25.6 Å². The Morgan fingerprint density at radius 3 is 2.41 bits per heavy atom. The Kier molecular flexibility index (Phi) is 7.58. The average molecular weight is 515 g/mol. The van der Waals surface area contributed by atoms with Crippen molar-refractivity contribution in [3.63, 3.8) is 0 Å². The van der Waals surface area contributed by atoms with Crippen LogP contribution in [0.4, 0.5) is 24.5 Å². The summed E-state index contributed by atoms with van der Waals surface area (Å²) in [5.41, 5.74) is -0.751. The topological polar surface area (TPSA) is 114 Å². The Labute approximate surface area is 210 Å². The van der Waals surface area contributed by atoms with E-state index >= 15 is 0 Å². The van der Waals surface area contributed by atoms with Crippen LogP contribution in [0, 0.1) is 0 Å². The van der Waals surface area contributed by atoms with E-state index < -0.39 is 29.1 Å². The fourth-order valence-corrected chi connectivity index (χ4v) is 3.78. The summed E-state index contributed by atoms with van der Waals surface area (Å²) < 4.78 is 50.0. The zero-order chi connectivity index (χ0) is 26.5. The number of carbonyl (C=O) groups is 2. The molecule has 1 aliphatic rings. The fraction of sp³-hybridized carbons (Fsp3) is 0.280. The first-order chi connectivity index (χ1) is 17.7. The van der Waals surface area contributed by atoms with Gasteiger partial charge in [-0.05, 0) is 29.8 Å². The second-order valence-corrected chi connectivity index (χ2v) is 8.35. The highest BCUT2D eigenvalue weighted by atomic mass is 19.4. The number of nitrogens with zero attached hydrogens (tertiary/aromatic N) is 2. The van der Waals surface area contributed by atoms with Gasteiger partial charge in [0.05, 0.1) is 30.5 Å². The van der Waals surface area contributed by atoms with Crippen LogP contribution in [0.3, 0.4) is 0 Å². The van der Waals surface area contributed by atoms with Crippen LogP contribution in [0.15, 0.2) is 60.9 Å². The van der Waals surface area contributed by atoms with Crippen LogP contribution in [-0.2, 0) is 22.3 Å². The highest BCUT2D eigenvalue weighted by molar-refractivity contribution is 5.99. The van der Waals surface area contributed by atoms with Crippen molar-refractivity contribution in [3.05, 3.63) is 77.6 Å².